The predicted molar refractivity (Wildman–Crippen MR) is 139 cm³/mol. The van der Waals surface area contributed by atoms with Crippen molar-refractivity contribution >= 4 is 53.3 Å². The Labute approximate surface area is 189 Å². The SMILES string of the molecule is c1ccc(-c2cccc(-n3c4ccccc4c4cc5c(cc43)sc3ccccc35)c2)cc1. The van der Waals surface area contributed by atoms with Crippen LogP contribution in [0.5, 0.6) is 0 Å². The third-order valence-electron chi connectivity index (χ3n) is 6.38. The van der Waals surface area contributed by atoms with Crippen molar-refractivity contribution in [3.8, 4) is 16.8 Å². The highest BCUT2D eigenvalue weighted by atomic mass is 32.1. The van der Waals surface area contributed by atoms with E-state index in [9.17, 15) is 0 Å². The maximum absolute atomic E-state index is 2.42. The molecule has 7 rings (SSSR count). The van der Waals surface area contributed by atoms with Gasteiger partial charge in [0, 0.05) is 36.6 Å². The van der Waals surface area contributed by atoms with Crippen LogP contribution >= 0.6 is 11.3 Å². The first-order chi connectivity index (χ1) is 15.9. The van der Waals surface area contributed by atoms with Gasteiger partial charge in [-0.05, 0) is 47.5 Å². The summed E-state index contributed by atoms with van der Waals surface area (Å²) < 4.78 is 5.10. The van der Waals surface area contributed by atoms with Crippen LogP contribution in [-0.4, -0.2) is 4.57 Å². The summed E-state index contributed by atoms with van der Waals surface area (Å²) >= 11 is 1.88. The fourth-order valence-electron chi connectivity index (χ4n) is 4.92. The zero-order valence-corrected chi connectivity index (χ0v) is 18.1. The summed E-state index contributed by atoms with van der Waals surface area (Å²) in [7, 11) is 0. The Morgan fingerprint density at radius 3 is 2.09 bits per heavy atom. The third kappa shape index (κ3) is 2.57. The molecule has 2 heteroatoms. The van der Waals surface area contributed by atoms with Crippen LogP contribution in [0.3, 0.4) is 0 Å². The van der Waals surface area contributed by atoms with Gasteiger partial charge in [-0.3, -0.25) is 0 Å². The second-order valence-corrected chi connectivity index (χ2v) is 9.32. The molecule has 0 saturated carbocycles. The van der Waals surface area contributed by atoms with Crippen LogP contribution in [0.25, 0.3) is 58.8 Å². The van der Waals surface area contributed by atoms with Crippen LogP contribution < -0.4 is 0 Å². The van der Waals surface area contributed by atoms with Gasteiger partial charge in [-0.2, -0.15) is 0 Å². The predicted octanol–water partition coefficient (Wildman–Crippen LogP) is 8.82. The van der Waals surface area contributed by atoms with Crippen LogP contribution in [0.4, 0.5) is 0 Å². The molecule has 150 valence electrons. The number of hydrogen-bond donors (Lipinski definition) is 0. The van der Waals surface area contributed by atoms with Gasteiger partial charge in [0.2, 0.25) is 0 Å². The van der Waals surface area contributed by atoms with Crippen molar-refractivity contribution in [3.63, 3.8) is 0 Å². The molecule has 0 atom stereocenters. The highest BCUT2D eigenvalue weighted by Crippen LogP contribution is 2.40. The molecule has 2 heterocycles. The average Bonchev–Trinajstić information content (AvgIpc) is 3.38. The van der Waals surface area contributed by atoms with E-state index in [1.54, 1.807) is 0 Å². The molecule has 0 aliphatic carbocycles. The van der Waals surface area contributed by atoms with Gasteiger partial charge in [0.05, 0.1) is 11.0 Å². The Bertz CT molecular complexity index is 1770. The van der Waals surface area contributed by atoms with Gasteiger partial charge < -0.3 is 4.57 Å². The summed E-state index contributed by atoms with van der Waals surface area (Å²) in [6, 6.07) is 41.7. The summed E-state index contributed by atoms with van der Waals surface area (Å²) in [4.78, 5) is 0. The standard InChI is InChI=1S/C30H19NS/c1-2-9-20(10-3-1)21-11-8-12-22(17-21)31-27-15-6-4-13-23(27)25-18-26-24-14-5-7-16-29(24)32-30(26)19-28(25)31/h1-19H. The molecular weight excluding hydrogens is 406 g/mol. The first-order valence-electron chi connectivity index (χ1n) is 10.9. The summed E-state index contributed by atoms with van der Waals surface area (Å²) in [6.07, 6.45) is 0. The maximum atomic E-state index is 2.42. The molecular formula is C30H19NS. The van der Waals surface area contributed by atoms with Crippen LogP contribution in [0.15, 0.2) is 115 Å². The Morgan fingerprint density at radius 2 is 1.19 bits per heavy atom. The fraction of sp³-hybridized carbons (Fsp3) is 0. The lowest BCUT2D eigenvalue weighted by Crippen LogP contribution is -1.94. The van der Waals surface area contributed by atoms with Gasteiger partial charge in [-0.25, -0.2) is 0 Å². The molecule has 0 spiro atoms. The quantitative estimate of drug-likeness (QED) is 0.261. The molecule has 5 aromatic carbocycles. The van der Waals surface area contributed by atoms with Crippen LogP contribution in [0.2, 0.25) is 0 Å². The van der Waals surface area contributed by atoms with Crippen LogP contribution in [0, 0.1) is 0 Å². The fourth-order valence-corrected chi connectivity index (χ4v) is 6.04. The van der Waals surface area contributed by atoms with E-state index in [0.717, 1.165) is 0 Å². The number of aromatic nitrogens is 1. The number of rotatable bonds is 2. The average molecular weight is 426 g/mol. The number of nitrogens with zero attached hydrogens (tertiary/aromatic N) is 1. The van der Waals surface area contributed by atoms with Crippen LogP contribution in [0.1, 0.15) is 0 Å². The summed E-state index contributed by atoms with van der Waals surface area (Å²) in [5, 5.41) is 5.29. The molecule has 1 nitrogen and oxygen atoms in total. The molecule has 0 aliphatic rings. The number of hydrogen-bond acceptors (Lipinski definition) is 1. The van der Waals surface area contributed by atoms with Crippen molar-refractivity contribution in [1.29, 1.82) is 0 Å². The molecule has 0 unspecified atom stereocenters. The summed E-state index contributed by atoms with van der Waals surface area (Å²) in [5.74, 6) is 0. The Balaban J connectivity index is 1.57. The Hall–Kier alpha value is -3.88. The molecule has 7 aromatic rings. The largest absolute Gasteiger partial charge is 0.309 e. The monoisotopic (exact) mass is 425 g/mol. The summed E-state index contributed by atoms with van der Waals surface area (Å²) in [5.41, 5.74) is 6.17. The van der Waals surface area contributed by atoms with E-state index in [1.165, 1.54) is 58.8 Å². The Morgan fingerprint density at radius 1 is 0.438 bits per heavy atom. The molecule has 0 aliphatic heterocycles. The van der Waals surface area contributed by atoms with E-state index in [1.807, 2.05) is 11.3 Å². The zero-order chi connectivity index (χ0) is 21.1. The molecule has 0 bridgehead atoms. The first kappa shape index (κ1) is 17.8. The second kappa shape index (κ2) is 6.81. The first-order valence-corrected chi connectivity index (χ1v) is 11.7. The highest BCUT2D eigenvalue weighted by molar-refractivity contribution is 7.25. The molecule has 0 fully saturated rings. The van der Waals surface area contributed by atoms with Crippen molar-refractivity contribution in [1.82, 2.24) is 4.57 Å². The number of thiophene rings is 1. The van der Waals surface area contributed by atoms with Crippen molar-refractivity contribution in [2.75, 3.05) is 0 Å². The number of para-hydroxylation sites is 1. The Kier molecular flexibility index (Phi) is 3.78. The van der Waals surface area contributed by atoms with E-state index < -0.39 is 0 Å². The van der Waals surface area contributed by atoms with Gasteiger partial charge in [0.15, 0.2) is 0 Å². The van der Waals surface area contributed by atoms with Crippen molar-refractivity contribution in [2.24, 2.45) is 0 Å². The molecule has 32 heavy (non-hydrogen) atoms. The van der Waals surface area contributed by atoms with Gasteiger partial charge in [-0.15, -0.1) is 11.3 Å². The number of fused-ring (bicyclic) bond motifs is 6. The molecule has 0 N–H and O–H groups in total. The van der Waals surface area contributed by atoms with Crippen molar-refractivity contribution in [3.05, 3.63) is 115 Å². The molecule has 0 amide bonds. The number of benzene rings is 5. The lowest BCUT2D eigenvalue weighted by atomic mass is 10.1. The second-order valence-electron chi connectivity index (χ2n) is 8.23. The maximum Gasteiger partial charge on any atom is 0.0555 e. The molecule has 0 radical (unpaired) electrons. The van der Waals surface area contributed by atoms with E-state index in [2.05, 4.69) is 120 Å². The van der Waals surface area contributed by atoms with E-state index in [0.29, 0.717) is 0 Å². The van der Waals surface area contributed by atoms with Gasteiger partial charge in [0.1, 0.15) is 0 Å². The third-order valence-corrected chi connectivity index (χ3v) is 7.52. The molecule has 2 aromatic heterocycles. The van der Waals surface area contributed by atoms with E-state index >= 15 is 0 Å². The van der Waals surface area contributed by atoms with Gasteiger partial charge >= 0.3 is 0 Å². The minimum Gasteiger partial charge on any atom is -0.309 e. The molecule has 0 saturated heterocycles. The van der Waals surface area contributed by atoms with Crippen molar-refractivity contribution < 1.29 is 0 Å². The van der Waals surface area contributed by atoms with E-state index in [-0.39, 0.29) is 0 Å². The summed E-state index contributed by atoms with van der Waals surface area (Å²) in [6.45, 7) is 0. The van der Waals surface area contributed by atoms with Crippen molar-refractivity contribution in [2.45, 2.75) is 0 Å². The highest BCUT2D eigenvalue weighted by Gasteiger charge is 2.15. The normalized spacial score (nSPS) is 11.8. The smallest absolute Gasteiger partial charge is 0.0555 e. The van der Waals surface area contributed by atoms with Gasteiger partial charge in [-0.1, -0.05) is 78.9 Å². The topological polar surface area (TPSA) is 4.93 Å². The van der Waals surface area contributed by atoms with Crippen LogP contribution in [-0.2, 0) is 0 Å². The lowest BCUT2D eigenvalue weighted by Gasteiger charge is -2.10. The minimum atomic E-state index is 1.19. The van der Waals surface area contributed by atoms with E-state index in [4.69, 9.17) is 0 Å². The minimum absolute atomic E-state index is 1.19. The van der Waals surface area contributed by atoms with Gasteiger partial charge in [0.25, 0.3) is 0 Å². The lowest BCUT2D eigenvalue weighted by molar-refractivity contribution is 1.18. The zero-order valence-electron chi connectivity index (χ0n) is 17.3.